The summed E-state index contributed by atoms with van der Waals surface area (Å²) >= 11 is 1.61. The Morgan fingerprint density at radius 3 is 2.62 bits per heavy atom. The number of hydrogen-bond donors (Lipinski definition) is 1. The minimum atomic E-state index is -0.128. The van der Waals surface area contributed by atoms with Gasteiger partial charge in [-0.3, -0.25) is 4.79 Å². The van der Waals surface area contributed by atoms with Gasteiger partial charge in [-0.1, -0.05) is 12.1 Å². The summed E-state index contributed by atoms with van der Waals surface area (Å²) in [6, 6.07) is 7.52. The average Bonchev–Trinajstić information content (AvgIpc) is 2.82. The molecule has 0 bridgehead atoms. The maximum absolute atomic E-state index is 11.8. The molecule has 2 rings (SSSR count). The summed E-state index contributed by atoms with van der Waals surface area (Å²) in [7, 11) is 1.63. The molecule has 0 atom stereocenters. The number of aromatic nitrogens is 1. The number of nitrogens with zero attached hydrogens (tertiary/aromatic N) is 1. The van der Waals surface area contributed by atoms with Crippen LogP contribution in [0.4, 0.5) is 0 Å². The van der Waals surface area contributed by atoms with Crippen LogP contribution >= 0.6 is 11.3 Å². The number of benzene rings is 1. The molecule has 0 saturated carbocycles. The standard InChI is InChI=1S/C16H18N2O2S/c1-11-12(2)21-16(18-11)10-17-15(19)9-6-13-4-7-14(20-3)8-5-13/h4-9H,10H2,1-3H3,(H,17,19)/b9-6+. The third-order valence-electron chi connectivity index (χ3n) is 3.03. The summed E-state index contributed by atoms with van der Waals surface area (Å²) in [5.41, 5.74) is 1.98. The van der Waals surface area contributed by atoms with Crippen molar-refractivity contribution >= 4 is 23.3 Å². The largest absolute Gasteiger partial charge is 0.497 e. The lowest BCUT2D eigenvalue weighted by Gasteiger charge is -2.00. The van der Waals surface area contributed by atoms with Crippen molar-refractivity contribution in [3.63, 3.8) is 0 Å². The fraction of sp³-hybridized carbons (Fsp3) is 0.250. The van der Waals surface area contributed by atoms with Crippen molar-refractivity contribution in [1.29, 1.82) is 0 Å². The lowest BCUT2D eigenvalue weighted by Crippen LogP contribution is -2.20. The van der Waals surface area contributed by atoms with Gasteiger partial charge < -0.3 is 10.1 Å². The molecule has 1 heterocycles. The molecule has 0 radical (unpaired) electrons. The van der Waals surface area contributed by atoms with E-state index in [1.807, 2.05) is 38.1 Å². The Kier molecular flexibility index (Phi) is 5.11. The SMILES string of the molecule is COc1ccc(/C=C/C(=O)NCc2nc(C)c(C)s2)cc1. The summed E-state index contributed by atoms with van der Waals surface area (Å²) in [5.74, 6) is 0.669. The molecule has 2 aromatic rings. The molecule has 110 valence electrons. The molecule has 0 aliphatic heterocycles. The molecule has 1 aromatic heterocycles. The van der Waals surface area contributed by atoms with Crippen LogP contribution in [0.5, 0.6) is 5.75 Å². The maximum Gasteiger partial charge on any atom is 0.244 e. The van der Waals surface area contributed by atoms with Gasteiger partial charge in [-0.2, -0.15) is 0 Å². The highest BCUT2D eigenvalue weighted by Crippen LogP contribution is 2.16. The molecule has 0 fully saturated rings. The number of thiazole rings is 1. The number of carbonyl (C=O) groups is 1. The zero-order chi connectivity index (χ0) is 15.2. The third kappa shape index (κ3) is 4.43. The van der Waals surface area contributed by atoms with Crippen LogP contribution in [0.25, 0.3) is 6.08 Å². The van der Waals surface area contributed by atoms with E-state index in [-0.39, 0.29) is 5.91 Å². The van der Waals surface area contributed by atoms with Crippen LogP contribution in [-0.2, 0) is 11.3 Å². The molecule has 0 aliphatic carbocycles. The predicted octanol–water partition coefficient (Wildman–Crippen LogP) is 3.10. The number of amides is 1. The lowest BCUT2D eigenvalue weighted by molar-refractivity contribution is -0.116. The van der Waals surface area contributed by atoms with Gasteiger partial charge >= 0.3 is 0 Å². The topological polar surface area (TPSA) is 51.2 Å². The normalized spacial score (nSPS) is 10.8. The molecular weight excluding hydrogens is 284 g/mol. The van der Waals surface area contributed by atoms with Crippen molar-refractivity contribution in [2.45, 2.75) is 20.4 Å². The van der Waals surface area contributed by atoms with Crippen molar-refractivity contribution in [2.24, 2.45) is 0 Å². The Labute approximate surface area is 128 Å². The molecule has 1 amide bonds. The molecule has 0 spiro atoms. The van der Waals surface area contributed by atoms with E-state index in [2.05, 4.69) is 10.3 Å². The summed E-state index contributed by atoms with van der Waals surface area (Å²) in [4.78, 5) is 17.3. The average molecular weight is 302 g/mol. The molecule has 0 unspecified atom stereocenters. The van der Waals surface area contributed by atoms with Crippen molar-refractivity contribution in [2.75, 3.05) is 7.11 Å². The number of hydrogen-bond acceptors (Lipinski definition) is 4. The van der Waals surface area contributed by atoms with E-state index in [1.165, 1.54) is 11.0 Å². The summed E-state index contributed by atoms with van der Waals surface area (Å²) < 4.78 is 5.08. The minimum Gasteiger partial charge on any atom is -0.497 e. The summed E-state index contributed by atoms with van der Waals surface area (Å²) in [5, 5.41) is 3.76. The predicted molar refractivity (Wildman–Crippen MR) is 85.5 cm³/mol. The second-order valence-electron chi connectivity index (χ2n) is 4.57. The van der Waals surface area contributed by atoms with E-state index in [4.69, 9.17) is 4.74 Å². The molecule has 5 heteroatoms. The van der Waals surface area contributed by atoms with Crippen LogP contribution in [0.15, 0.2) is 30.3 Å². The highest BCUT2D eigenvalue weighted by atomic mass is 32.1. The van der Waals surface area contributed by atoms with Crippen molar-refractivity contribution in [3.05, 3.63) is 51.5 Å². The fourth-order valence-corrected chi connectivity index (χ4v) is 2.60. The van der Waals surface area contributed by atoms with E-state index in [1.54, 1.807) is 24.5 Å². The number of rotatable bonds is 5. The maximum atomic E-state index is 11.8. The van der Waals surface area contributed by atoms with Crippen LogP contribution in [0, 0.1) is 13.8 Å². The molecule has 0 aliphatic rings. The van der Waals surface area contributed by atoms with Gasteiger partial charge in [-0.15, -0.1) is 11.3 Å². The van der Waals surface area contributed by atoms with Gasteiger partial charge in [0.1, 0.15) is 10.8 Å². The Balaban J connectivity index is 1.87. The second kappa shape index (κ2) is 7.04. The molecule has 1 aromatic carbocycles. The van der Waals surface area contributed by atoms with Gasteiger partial charge in [0.2, 0.25) is 5.91 Å². The van der Waals surface area contributed by atoms with E-state index in [0.717, 1.165) is 22.0 Å². The molecule has 21 heavy (non-hydrogen) atoms. The highest BCUT2D eigenvalue weighted by molar-refractivity contribution is 7.11. The number of ether oxygens (including phenoxy) is 1. The lowest BCUT2D eigenvalue weighted by atomic mass is 10.2. The Hall–Kier alpha value is -2.14. The first-order valence-corrected chi connectivity index (χ1v) is 7.43. The molecule has 1 N–H and O–H groups in total. The highest BCUT2D eigenvalue weighted by Gasteiger charge is 2.04. The van der Waals surface area contributed by atoms with Crippen LogP contribution in [0.2, 0.25) is 0 Å². The van der Waals surface area contributed by atoms with Crippen LogP contribution in [0.3, 0.4) is 0 Å². The van der Waals surface area contributed by atoms with Gasteiger partial charge in [0.05, 0.1) is 19.3 Å². The van der Waals surface area contributed by atoms with Crippen LogP contribution in [-0.4, -0.2) is 18.0 Å². The number of nitrogens with one attached hydrogen (secondary N) is 1. The molecule has 4 nitrogen and oxygen atoms in total. The van der Waals surface area contributed by atoms with E-state index in [0.29, 0.717) is 6.54 Å². The van der Waals surface area contributed by atoms with E-state index in [9.17, 15) is 4.79 Å². The van der Waals surface area contributed by atoms with Crippen LogP contribution in [0.1, 0.15) is 21.1 Å². The first kappa shape index (κ1) is 15.3. The van der Waals surface area contributed by atoms with Crippen LogP contribution < -0.4 is 10.1 Å². The van der Waals surface area contributed by atoms with Gasteiger partial charge in [0.15, 0.2) is 0 Å². The Morgan fingerprint density at radius 1 is 1.33 bits per heavy atom. The van der Waals surface area contributed by atoms with E-state index >= 15 is 0 Å². The number of carbonyl (C=O) groups excluding carboxylic acids is 1. The third-order valence-corrected chi connectivity index (χ3v) is 4.10. The smallest absolute Gasteiger partial charge is 0.244 e. The fourth-order valence-electron chi connectivity index (χ4n) is 1.72. The van der Waals surface area contributed by atoms with Crippen molar-refractivity contribution < 1.29 is 9.53 Å². The van der Waals surface area contributed by atoms with E-state index < -0.39 is 0 Å². The van der Waals surface area contributed by atoms with Gasteiger partial charge in [-0.05, 0) is 37.6 Å². The van der Waals surface area contributed by atoms with Crippen molar-refractivity contribution in [3.8, 4) is 5.75 Å². The monoisotopic (exact) mass is 302 g/mol. The molecular formula is C16H18N2O2S. The second-order valence-corrected chi connectivity index (χ2v) is 5.86. The Bertz CT molecular complexity index is 625. The van der Waals surface area contributed by atoms with Crippen molar-refractivity contribution in [1.82, 2.24) is 10.3 Å². The molecule has 0 saturated heterocycles. The number of methoxy groups -OCH3 is 1. The first-order chi connectivity index (χ1) is 10.1. The first-order valence-electron chi connectivity index (χ1n) is 6.61. The van der Waals surface area contributed by atoms with Gasteiger partial charge in [0.25, 0.3) is 0 Å². The van der Waals surface area contributed by atoms with Gasteiger partial charge in [0, 0.05) is 11.0 Å². The zero-order valence-corrected chi connectivity index (χ0v) is 13.2. The summed E-state index contributed by atoms with van der Waals surface area (Å²) in [6.45, 7) is 4.47. The zero-order valence-electron chi connectivity index (χ0n) is 12.3. The Morgan fingerprint density at radius 2 is 2.05 bits per heavy atom. The number of aryl methyl sites for hydroxylation is 2. The summed E-state index contributed by atoms with van der Waals surface area (Å²) in [6.07, 6.45) is 3.29. The quantitative estimate of drug-likeness (QED) is 0.864. The van der Waals surface area contributed by atoms with Gasteiger partial charge in [-0.25, -0.2) is 4.98 Å². The minimum absolute atomic E-state index is 0.128.